The van der Waals surface area contributed by atoms with Crippen molar-refractivity contribution in [1.82, 2.24) is 25.1 Å². The van der Waals surface area contributed by atoms with E-state index >= 15 is 0 Å². The highest BCUT2D eigenvalue weighted by Crippen LogP contribution is 2.32. The average Bonchev–Trinajstić information content (AvgIpc) is 3.60. The summed E-state index contributed by atoms with van der Waals surface area (Å²) in [6, 6.07) is 10.8. The highest BCUT2D eigenvalue weighted by Gasteiger charge is 2.24. The van der Waals surface area contributed by atoms with Crippen LogP contribution in [0.15, 0.2) is 59.6 Å². The van der Waals surface area contributed by atoms with Crippen LogP contribution in [0.2, 0.25) is 0 Å². The van der Waals surface area contributed by atoms with E-state index in [9.17, 15) is 0 Å². The highest BCUT2D eigenvalue weighted by atomic mass is 32.1. The molecule has 0 atom stereocenters. The van der Waals surface area contributed by atoms with Gasteiger partial charge >= 0.3 is 0 Å². The van der Waals surface area contributed by atoms with Crippen molar-refractivity contribution in [3.63, 3.8) is 0 Å². The number of hydrogen-bond acceptors (Lipinski definition) is 6. The molecule has 0 saturated carbocycles. The SMILES string of the molecule is C=c1c(-c2cc3c(-c4ccsc4)cccc3[nH]2)n[nH]/c1=C/C=C(\C)c1cncc(N2CC(N)C2)n1. The third-order valence-corrected chi connectivity index (χ3v) is 7.09. The molecule has 1 aromatic carbocycles. The largest absolute Gasteiger partial charge is 0.353 e. The molecule has 0 bridgehead atoms. The molecule has 4 N–H and O–H groups in total. The Balaban J connectivity index is 1.31. The second-order valence-electron chi connectivity index (χ2n) is 8.87. The lowest BCUT2D eigenvalue weighted by atomic mass is 10.0. The molecule has 4 aromatic heterocycles. The number of nitrogens with one attached hydrogen (secondary N) is 2. The smallest absolute Gasteiger partial charge is 0.147 e. The fourth-order valence-corrected chi connectivity index (χ4v) is 5.04. The minimum atomic E-state index is 0.218. The first-order valence-electron chi connectivity index (χ1n) is 11.5. The highest BCUT2D eigenvalue weighted by molar-refractivity contribution is 7.08. The van der Waals surface area contributed by atoms with Gasteiger partial charge in [0.05, 0.1) is 29.1 Å². The third kappa shape index (κ3) is 3.96. The normalized spacial score (nSPS) is 15.2. The molecule has 35 heavy (non-hydrogen) atoms. The number of hydrogen-bond donors (Lipinski definition) is 3. The Hall–Kier alpha value is -4.01. The Kier molecular flexibility index (Phi) is 5.32. The van der Waals surface area contributed by atoms with Gasteiger partial charge in [0.25, 0.3) is 0 Å². The fourth-order valence-electron chi connectivity index (χ4n) is 4.38. The number of rotatable bonds is 5. The van der Waals surface area contributed by atoms with Gasteiger partial charge in [-0.15, -0.1) is 0 Å². The van der Waals surface area contributed by atoms with Crippen LogP contribution in [0.1, 0.15) is 12.6 Å². The molecule has 0 amide bonds. The summed E-state index contributed by atoms with van der Waals surface area (Å²) in [6.07, 6.45) is 7.57. The van der Waals surface area contributed by atoms with Crippen molar-refractivity contribution in [2.24, 2.45) is 5.73 Å². The first-order valence-corrected chi connectivity index (χ1v) is 12.4. The number of H-pyrrole nitrogens is 2. The number of nitrogens with two attached hydrogens (primary N) is 1. The molecule has 0 unspecified atom stereocenters. The van der Waals surface area contributed by atoms with Crippen molar-refractivity contribution >= 4 is 46.3 Å². The summed E-state index contributed by atoms with van der Waals surface area (Å²) in [6.45, 7) is 7.95. The number of allylic oxidation sites excluding steroid dienone is 2. The van der Waals surface area contributed by atoms with Gasteiger partial charge in [-0.1, -0.05) is 24.8 Å². The van der Waals surface area contributed by atoms with E-state index in [0.717, 1.165) is 57.6 Å². The topological polar surface area (TPSA) is 99.5 Å². The van der Waals surface area contributed by atoms with Gasteiger partial charge in [0.2, 0.25) is 0 Å². The fraction of sp³-hybridized carbons (Fsp3) is 0.148. The molecule has 174 valence electrons. The third-order valence-electron chi connectivity index (χ3n) is 6.41. The van der Waals surface area contributed by atoms with Gasteiger partial charge in [-0.3, -0.25) is 10.1 Å². The number of aromatic amines is 2. The van der Waals surface area contributed by atoms with E-state index in [1.807, 2.05) is 19.1 Å². The number of fused-ring (bicyclic) bond motifs is 1. The van der Waals surface area contributed by atoms with Crippen LogP contribution in [-0.4, -0.2) is 44.3 Å². The summed E-state index contributed by atoms with van der Waals surface area (Å²) in [4.78, 5) is 14.8. The zero-order valence-corrected chi connectivity index (χ0v) is 20.1. The van der Waals surface area contributed by atoms with Gasteiger partial charge in [-0.25, -0.2) is 4.98 Å². The lowest BCUT2D eigenvalue weighted by molar-refractivity contribution is 0.513. The lowest BCUT2D eigenvalue weighted by Crippen LogP contribution is -2.56. The van der Waals surface area contributed by atoms with E-state index in [0.29, 0.717) is 0 Å². The summed E-state index contributed by atoms with van der Waals surface area (Å²) in [5.74, 6) is 0.860. The number of anilines is 1. The van der Waals surface area contributed by atoms with Gasteiger partial charge in [-0.2, -0.15) is 16.4 Å². The molecule has 0 spiro atoms. The van der Waals surface area contributed by atoms with Gasteiger partial charge in [0.1, 0.15) is 11.5 Å². The summed E-state index contributed by atoms with van der Waals surface area (Å²) in [7, 11) is 0. The molecule has 1 fully saturated rings. The quantitative estimate of drug-likeness (QED) is 0.358. The van der Waals surface area contributed by atoms with Crippen molar-refractivity contribution in [3.8, 4) is 22.5 Å². The van der Waals surface area contributed by atoms with E-state index < -0.39 is 0 Å². The van der Waals surface area contributed by atoms with Crippen molar-refractivity contribution in [1.29, 1.82) is 0 Å². The minimum absolute atomic E-state index is 0.218. The number of benzene rings is 1. The molecule has 1 saturated heterocycles. The molecule has 7 nitrogen and oxygen atoms in total. The predicted molar refractivity (Wildman–Crippen MR) is 144 cm³/mol. The van der Waals surface area contributed by atoms with Crippen LogP contribution in [0, 0.1) is 0 Å². The van der Waals surface area contributed by atoms with Crippen molar-refractivity contribution in [2.45, 2.75) is 13.0 Å². The summed E-state index contributed by atoms with van der Waals surface area (Å²) in [5.41, 5.74) is 13.0. The molecule has 8 heteroatoms. The summed E-state index contributed by atoms with van der Waals surface area (Å²) >= 11 is 1.70. The zero-order chi connectivity index (χ0) is 23.9. The number of aromatic nitrogens is 5. The summed E-state index contributed by atoms with van der Waals surface area (Å²) in [5, 5.41) is 14.8. The minimum Gasteiger partial charge on any atom is -0.353 e. The second kappa shape index (κ2) is 8.65. The van der Waals surface area contributed by atoms with Crippen LogP contribution in [0.25, 0.3) is 51.6 Å². The summed E-state index contributed by atoms with van der Waals surface area (Å²) < 4.78 is 0. The van der Waals surface area contributed by atoms with E-state index in [1.165, 1.54) is 16.5 Å². The van der Waals surface area contributed by atoms with Crippen molar-refractivity contribution in [3.05, 3.63) is 75.8 Å². The van der Waals surface area contributed by atoms with Crippen LogP contribution >= 0.6 is 11.3 Å². The number of thiophene rings is 1. The predicted octanol–water partition coefficient (Wildman–Crippen LogP) is 3.52. The van der Waals surface area contributed by atoms with Crippen LogP contribution in [0.4, 0.5) is 5.82 Å². The molecule has 0 aliphatic carbocycles. The molecule has 0 radical (unpaired) electrons. The molecule has 1 aliphatic heterocycles. The Morgan fingerprint density at radius 2 is 2.14 bits per heavy atom. The molecule has 1 aliphatic rings. The lowest BCUT2D eigenvalue weighted by Gasteiger charge is -2.37. The van der Waals surface area contributed by atoms with Crippen molar-refractivity contribution < 1.29 is 0 Å². The van der Waals surface area contributed by atoms with Crippen molar-refractivity contribution in [2.75, 3.05) is 18.0 Å². The maximum absolute atomic E-state index is 5.90. The van der Waals surface area contributed by atoms with E-state index in [-0.39, 0.29) is 6.04 Å². The standard InChI is InChI=1S/C27H25N7S/c1-16(25-11-29-12-26(31-25)34-13-19(28)14-34)6-7-22-17(2)27(33-32-22)24-10-21-20(18-8-9-35-15-18)4-3-5-23(21)30-24/h3-12,15,19,30,32H,2,13-14,28H2,1H3/b16-6+,22-7+. The molecule has 6 rings (SSSR count). The van der Waals surface area contributed by atoms with Crippen LogP contribution < -0.4 is 21.2 Å². The van der Waals surface area contributed by atoms with Crippen LogP contribution in [0.5, 0.6) is 0 Å². The maximum atomic E-state index is 5.90. The van der Waals surface area contributed by atoms with Crippen LogP contribution in [0.3, 0.4) is 0 Å². The molecule has 5 aromatic rings. The molecular formula is C27H25N7S. The van der Waals surface area contributed by atoms with E-state index in [2.05, 4.69) is 72.7 Å². The Bertz CT molecular complexity index is 1650. The zero-order valence-electron chi connectivity index (χ0n) is 19.3. The second-order valence-corrected chi connectivity index (χ2v) is 9.65. The Morgan fingerprint density at radius 3 is 2.94 bits per heavy atom. The average molecular weight is 480 g/mol. The van der Waals surface area contributed by atoms with Gasteiger partial charge in [-0.05, 0) is 58.7 Å². The first kappa shape index (κ1) is 21.5. The van der Waals surface area contributed by atoms with Gasteiger partial charge in [0.15, 0.2) is 0 Å². The maximum Gasteiger partial charge on any atom is 0.147 e. The Labute approximate surface area is 206 Å². The van der Waals surface area contributed by atoms with Crippen LogP contribution in [-0.2, 0) is 0 Å². The molecular weight excluding hydrogens is 454 g/mol. The van der Waals surface area contributed by atoms with Gasteiger partial charge in [0, 0.05) is 35.3 Å². The first-order chi connectivity index (χ1) is 17.1. The Morgan fingerprint density at radius 1 is 1.26 bits per heavy atom. The van der Waals surface area contributed by atoms with E-state index in [4.69, 9.17) is 10.7 Å². The number of nitrogens with zero attached hydrogens (tertiary/aromatic N) is 4. The molecule has 5 heterocycles. The monoisotopic (exact) mass is 479 g/mol. The van der Waals surface area contributed by atoms with E-state index in [1.54, 1.807) is 23.7 Å². The van der Waals surface area contributed by atoms with Gasteiger partial charge < -0.3 is 15.6 Å².